The highest BCUT2D eigenvalue weighted by Crippen LogP contribution is 2.09. The molecule has 0 bridgehead atoms. The number of aromatic amines is 1. The first-order valence-electron chi connectivity index (χ1n) is 5.72. The highest BCUT2D eigenvalue weighted by atomic mass is 32.2. The van der Waals surface area contributed by atoms with Gasteiger partial charge in [-0.2, -0.15) is 10.1 Å². The van der Waals surface area contributed by atoms with Crippen LogP contribution in [-0.4, -0.2) is 30.1 Å². The Morgan fingerprint density at radius 3 is 2.55 bits per heavy atom. The minimum absolute atomic E-state index is 0.0784. The Kier molecular flexibility index (Phi) is 4.11. The minimum Gasteiger partial charge on any atom is -0.368 e. The number of hydrogen-bond acceptors (Lipinski definition) is 6. The summed E-state index contributed by atoms with van der Waals surface area (Å²) in [5, 5.41) is 13.7. The first-order valence-corrected chi connectivity index (χ1v) is 7.27. The molecular weight excluding hydrogens is 282 g/mol. The second-order valence-corrected chi connectivity index (χ2v) is 5.60. The minimum atomic E-state index is -3.66. The predicted molar refractivity (Wildman–Crippen MR) is 72.7 cm³/mol. The molecule has 106 valence electrons. The maximum atomic E-state index is 11.1. The topological polar surface area (TPSA) is 131 Å². The van der Waals surface area contributed by atoms with Gasteiger partial charge in [-0.1, -0.05) is 12.1 Å². The molecule has 1 aromatic carbocycles. The van der Waals surface area contributed by atoms with E-state index in [-0.39, 0.29) is 4.90 Å². The second kappa shape index (κ2) is 5.80. The van der Waals surface area contributed by atoms with Crippen molar-refractivity contribution in [3.05, 3.63) is 46.5 Å². The number of nitrogens with zero attached hydrogens (tertiary/aromatic N) is 2. The van der Waals surface area contributed by atoms with Crippen LogP contribution in [0.1, 0.15) is 5.56 Å². The smallest absolute Gasteiger partial charge is 0.363 e. The number of H-pyrrole nitrogens is 1. The van der Waals surface area contributed by atoms with Gasteiger partial charge in [0, 0.05) is 6.54 Å². The van der Waals surface area contributed by atoms with E-state index in [1.807, 2.05) is 0 Å². The van der Waals surface area contributed by atoms with Crippen molar-refractivity contribution in [3.8, 4) is 0 Å². The molecule has 0 saturated carbocycles. The van der Waals surface area contributed by atoms with E-state index in [1.165, 1.54) is 18.3 Å². The molecule has 0 saturated heterocycles. The molecule has 0 atom stereocenters. The zero-order valence-corrected chi connectivity index (χ0v) is 11.2. The maximum absolute atomic E-state index is 11.1. The van der Waals surface area contributed by atoms with Crippen LogP contribution in [0.5, 0.6) is 0 Å². The summed E-state index contributed by atoms with van der Waals surface area (Å²) in [5.74, 6) is 0.384. The Labute approximate surface area is 115 Å². The molecule has 20 heavy (non-hydrogen) atoms. The quantitative estimate of drug-likeness (QED) is 0.679. The van der Waals surface area contributed by atoms with Crippen molar-refractivity contribution >= 4 is 15.8 Å². The van der Waals surface area contributed by atoms with Crippen LogP contribution in [0.25, 0.3) is 0 Å². The average molecular weight is 295 g/mol. The summed E-state index contributed by atoms with van der Waals surface area (Å²) in [6.45, 7) is 0.535. The normalized spacial score (nSPS) is 11.2. The molecular formula is C11H13N5O3S. The summed E-state index contributed by atoms with van der Waals surface area (Å²) in [6, 6.07) is 6.28. The number of rotatable bonds is 5. The van der Waals surface area contributed by atoms with Crippen molar-refractivity contribution in [2.24, 2.45) is 5.14 Å². The van der Waals surface area contributed by atoms with E-state index < -0.39 is 15.7 Å². The molecule has 1 heterocycles. The first-order chi connectivity index (χ1) is 9.45. The van der Waals surface area contributed by atoms with Crippen molar-refractivity contribution in [3.63, 3.8) is 0 Å². The molecule has 2 aromatic rings. The van der Waals surface area contributed by atoms with Crippen LogP contribution in [0.4, 0.5) is 5.82 Å². The lowest BCUT2D eigenvalue weighted by Crippen LogP contribution is -2.16. The molecule has 0 aliphatic rings. The van der Waals surface area contributed by atoms with E-state index in [4.69, 9.17) is 5.14 Å². The number of nitrogens with one attached hydrogen (secondary N) is 2. The van der Waals surface area contributed by atoms with Gasteiger partial charge >= 0.3 is 5.69 Å². The van der Waals surface area contributed by atoms with Crippen molar-refractivity contribution in [2.75, 3.05) is 11.9 Å². The SMILES string of the molecule is NS(=O)(=O)c1ccc(CCNc2cn[nH]c(=O)n2)cc1. The Morgan fingerprint density at radius 2 is 1.95 bits per heavy atom. The zero-order valence-electron chi connectivity index (χ0n) is 10.4. The molecule has 0 aliphatic carbocycles. The third-order valence-corrected chi connectivity index (χ3v) is 3.47. The standard InChI is InChI=1S/C11H13N5O3S/c12-20(18,19)9-3-1-8(2-4-9)5-6-13-10-7-14-16-11(17)15-10/h1-4,7H,5-6H2,(H2,12,18,19)(H2,13,15,16,17). The maximum Gasteiger partial charge on any atom is 0.363 e. The van der Waals surface area contributed by atoms with Crippen molar-refractivity contribution < 1.29 is 8.42 Å². The first kappa shape index (κ1) is 14.2. The van der Waals surface area contributed by atoms with E-state index >= 15 is 0 Å². The summed E-state index contributed by atoms with van der Waals surface area (Å²) in [4.78, 5) is 14.7. The molecule has 0 aliphatic heterocycles. The van der Waals surface area contributed by atoms with Crippen LogP contribution < -0.4 is 16.1 Å². The van der Waals surface area contributed by atoms with E-state index in [2.05, 4.69) is 20.5 Å². The molecule has 0 amide bonds. The molecule has 0 spiro atoms. The van der Waals surface area contributed by atoms with Gasteiger partial charge in [0.1, 0.15) is 0 Å². The van der Waals surface area contributed by atoms with Crippen LogP contribution in [0.15, 0.2) is 40.2 Å². The summed E-state index contributed by atoms with van der Waals surface area (Å²) < 4.78 is 22.2. The fourth-order valence-corrected chi connectivity index (χ4v) is 2.09. The largest absolute Gasteiger partial charge is 0.368 e. The third kappa shape index (κ3) is 3.87. The Hall–Kier alpha value is -2.26. The van der Waals surface area contributed by atoms with Gasteiger partial charge in [-0.05, 0) is 24.1 Å². The van der Waals surface area contributed by atoms with E-state index in [9.17, 15) is 13.2 Å². The van der Waals surface area contributed by atoms with Gasteiger partial charge in [0.25, 0.3) is 0 Å². The van der Waals surface area contributed by atoms with Gasteiger partial charge in [-0.25, -0.2) is 23.4 Å². The van der Waals surface area contributed by atoms with E-state index in [0.29, 0.717) is 18.8 Å². The molecule has 2 rings (SSSR count). The van der Waals surface area contributed by atoms with E-state index in [0.717, 1.165) is 5.56 Å². The van der Waals surface area contributed by atoms with Crippen LogP contribution in [-0.2, 0) is 16.4 Å². The number of aromatic nitrogens is 3. The average Bonchev–Trinajstić information content (AvgIpc) is 2.38. The third-order valence-electron chi connectivity index (χ3n) is 2.54. The monoisotopic (exact) mass is 295 g/mol. The highest BCUT2D eigenvalue weighted by molar-refractivity contribution is 7.89. The molecule has 9 heteroatoms. The number of sulfonamides is 1. The molecule has 0 radical (unpaired) electrons. The van der Waals surface area contributed by atoms with Gasteiger partial charge in [-0.3, -0.25) is 0 Å². The molecule has 0 fully saturated rings. The number of benzene rings is 1. The van der Waals surface area contributed by atoms with Crippen molar-refractivity contribution in [2.45, 2.75) is 11.3 Å². The highest BCUT2D eigenvalue weighted by Gasteiger charge is 2.06. The summed E-state index contributed by atoms with van der Waals surface area (Å²) in [5.41, 5.74) is 0.412. The second-order valence-electron chi connectivity index (χ2n) is 4.04. The lowest BCUT2D eigenvalue weighted by Gasteiger charge is -2.05. The fourth-order valence-electron chi connectivity index (χ4n) is 1.58. The van der Waals surface area contributed by atoms with Gasteiger partial charge in [-0.15, -0.1) is 0 Å². The molecule has 1 aromatic heterocycles. The van der Waals surface area contributed by atoms with Crippen molar-refractivity contribution in [1.29, 1.82) is 0 Å². The van der Waals surface area contributed by atoms with Crippen LogP contribution >= 0.6 is 0 Å². The Morgan fingerprint density at radius 1 is 1.25 bits per heavy atom. The Bertz CT molecular complexity index is 739. The zero-order chi connectivity index (χ0) is 14.6. The number of hydrogen-bond donors (Lipinski definition) is 3. The molecule has 8 nitrogen and oxygen atoms in total. The number of primary sulfonamides is 1. The van der Waals surface area contributed by atoms with Crippen LogP contribution in [0.3, 0.4) is 0 Å². The predicted octanol–water partition coefficient (Wildman–Crippen LogP) is -0.533. The van der Waals surface area contributed by atoms with Gasteiger partial charge < -0.3 is 5.32 Å². The van der Waals surface area contributed by atoms with E-state index in [1.54, 1.807) is 12.1 Å². The van der Waals surface area contributed by atoms with Crippen LogP contribution in [0.2, 0.25) is 0 Å². The number of anilines is 1. The van der Waals surface area contributed by atoms with Crippen LogP contribution in [0, 0.1) is 0 Å². The fraction of sp³-hybridized carbons (Fsp3) is 0.182. The lowest BCUT2D eigenvalue weighted by atomic mass is 10.1. The summed E-state index contributed by atoms with van der Waals surface area (Å²) in [6.07, 6.45) is 2.05. The van der Waals surface area contributed by atoms with Crippen molar-refractivity contribution in [1.82, 2.24) is 15.2 Å². The molecule has 4 N–H and O–H groups in total. The summed E-state index contributed by atoms with van der Waals surface area (Å²) >= 11 is 0. The lowest BCUT2D eigenvalue weighted by molar-refractivity contribution is 0.598. The Balaban J connectivity index is 1.93. The molecule has 0 unspecified atom stereocenters. The summed E-state index contributed by atoms with van der Waals surface area (Å²) in [7, 11) is -3.66. The van der Waals surface area contributed by atoms with Gasteiger partial charge in [0.15, 0.2) is 5.82 Å². The number of nitrogens with two attached hydrogens (primary N) is 1. The van der Waals surface area contributed by atoms with Gasteiger partial charge in [0.05, 0.1) is 11.1 Å². The van der Waals surface area contributed by atoms with Gasteiger partial charge in [0.2, 0.25) is 10.0 Å².